The molecule has 0 unspecified atom stereocenters. The van der Waals surface area contributed by atoms with Crippen LogP contribution in [-0.4, -0.2) is 44.7 Å². The molecule has 2 aromatic heterocycles. The summed E-state index contributed by atoms with van der Waals surface area (Å²) in [6, 6.07) is 15.3. The Hall–Kier alpha value is -4.19. The van der Waals surface area contributed by atoms with Crippen LogP contribution in [0.2, 0.25) is 0 Å². The van der Waals surface area contributed by atoms with Gasteiger partial charge in [0.25, 0.3) is 0 Å². The lowest BCUT2D eigenvalue weighted by Crippen LogP contribution is -2.26. The first kappa shape index (κ1) is 25.9. The van der Waals surface area contributed by atoms with Crippen LogP contribution < -0.4 is 20.5 Å². The number of hydrogen-bond donors (Lipinski definition) is 4. The number of nitrogens with zero attached hydrogens (tertiary/aromatic N) is 1. The molecule has 0 spiro atoms. The van der Waals surface area contributed by atoms with E-state index in [0.717, 1.165) is 22.1 Å². The Morgan fingerprint density at radius 1 is 1.14 bits per heavy atom. The Kier molecular flexibility index (Phi) is 7.87. The molecule has 0 aliphatic rings. The standard InChI is InChI=1S/C26H26N4O6S/c1-35-23-14-19(18-4-6-22(7-5-18)37(33,34)30-10-11-31)12-20-13-21(36-26(20)23)16-29-25(32)9-3-17-2-8-24(27)28-15-17/h2-9,12-15,30-31H,10-11,16H2,1H3,(H2,27,28)(H,29,32)/b9-3+. The number of sulfonamides is 1. The lowest BCUT2D eigenvalue weighted by molar-refractivity contribution is -0.116. The number of carbonyl (C=O) groups excluding carboxylic acids is 1. The molecule has 1 amide bonds. The van der Waals surface area contributed by atoms with Crippen LogP contribution in [0, 0.1) is 0 Å². The molecular weight excluding hydrogens is 496 g/mol. The Balaban J connectivity index is 1.49. The highest BCUT2D eigenvalue weighted by Crippen LogP contribution is 2.35. The normalized spacial score (nSPS) is 11.7. The third-order valence-electron chi connectivity index (χ3n) is 5.43. The first-order valence-electron chi connectivity index (χ1n) is 11.3. The van der Waals surface area contributed by atoms with Gasteiger partial charge in [0, 0.05) is 24.2 Å². The van der Waals surface area contributed by atoms with Gasteiger partial charge in [-0.3, -0.25) is 4.79 Å². The molecule has 0 fully saturated rings. The molecule has 4 rings (SSSR count). The van der Waals surface area contributed by atoms with Gasteiger partial charge in [-0.25, -0.2) is 18.1 Å². The Morgan fingerprint density at radius 3 is 2.59 bits per heavy atom. The van der Waals surface area contributed by atoms with Gasteiger partial charge in [0.05, 0.1) is 25.2 Å². The fourth-order valence-corrected chi connectivity index (χ4v) is 4.61. The zero-order valence-corrected chi connectivity index (χ0v) is 20.8. The quantitative estimate of drug-likeness (QED) is 0.232. The topological polar surface area (TPSA) is 157 Å². The maximum atomic E-state index is 12.3. The number of aromatic nitrogens is 1. The summed E-state index contributed by atoms with van der Waals surface area (Å²) in [7, 11) is -2.17. The number of nitrogens with one attached hydrogen (secondary N) is 2. The van der Waals surface area contributed by atoms with Gasteiger partial charge in [0.1, 0.15) is 11.6 Å². The SMILES string of the molecule is COc1cc(-c2ccc(S(=O)(=O)NCCO)cc2)cc2cc(CNC(=O)/C=C/c3ccc(N)nc3)oc12. The fraction of sp³-hybridized carbons (Fsp3) is 0.154. The lowest BCUT2D eigenvalue weighted by Gasteiger charge is -2.08. The molecule has 5 N–H and O–H groups in total. The van der Waals surface area contributed by atoms with E-state index in [-0.39, 0.29) is 30.5 Å². The van der Waals surface area contributed by atoms with Gasteiger partial charge in [-0.2, -0.15) is 0 Å². The summed E-state index contributed by atoms with van der Waals surface area (Å²) in [4.78, 5) is 16.3. The van der Waals surface area contributed by atoms with E-state index in [1.807, 2.05) is 12.1 Å². The van der Waals surface area contributed by atoms with Crippen LogP contribution in [0.4, 0.5) is 5.82 Å². The fourth-order valence-electron chi connectivity index (χ4n) is 3.59. The number of amides is 1. The summed E-state index contributed by atoms with van der Waals surface area (Å²) in [5.41, 5.74) is 8.42. The second-order valence-corrected chi connectivity index (χ2v) is 9.79. The van der Waals surface area contributed by atoms with Crippen molar-refractivity contribution in [3.8, 4) is 16.9 Å². The molecule has 192 valence electrons. The minimum absolute atomic E-state index is 0.0580. The highest BCUT2D eigenvalue weighted by molar-refractivity contribution is 7.89. The van der Waals surface area contributed by atoms with E-state index >= 15 is 0 Å². The second-order valence-electron chi connectivity index (χ2n) is 8.02. The molecular formula is C26H26N4O6S. The summed E-state index contributed by atoms with van der Waals surface area (Å²) in [5.74, 6) is 1.15. The number of methoxy groups -OCH3 is 1. The summed E-state index contributed by atoms with van der Waals surface area (Å²) >= 11 is 0. The van der Waals surface area contributed by atoms with Crippen LogP contribution in [0.3, 0.4) is 0 Å². The Labute approximate surface area is 213 Å². The van der Waals surface area contributed by atoms with Crippen molar-refractivity contribution in [2.45, 2.75) is 11.4 Å². The summed E-state index contributed by atoms with van der Waals surface area (Å²) in [6.07, 6.45) is 4.61. The molecule has 0 saturated carbocycles. The number of carbonyl (C=O) groups is 1. The zero-order valence-electron chi connectivity index (χ0n) is 20.0. The predicted octanol–water partition coefficient (Wildman–Crippen LogP) is 2.69. The number of pyridine rings is 1. The van der Waals surface area contributed by atoms with E-state index in [1.54, 1.807) is 42.6 Å². The van der Waals surface area contributed by atoms with Crippen molar-refractivity contribution in [3.05, 3.63) is 78.2 Å². The van der Waals surface area contributed by atoms with E-state index in [0.29, 0.717) is 22.9 Å². The lowest BCUT2D eigenvalue weighted by atomic mass is 10.0. The molecule has 0 bridgehead atoms. The number of fused-ring (bicyclic) bond motifs is 1. The number of benzene rings is 2. The highest BCUT2D eigenvalue weighted by atomic mass is 32.2. The van der Waals surface area contributed by atoms with Crippen LogP contribution in [0.25, 0.3) is 28.2 Å². The number of nitrogens with two attached hydrogens (primary N) is 1. The van der Waals surface area contributed by atoms with E-state index in [9.17, 15) is 13.2 Å². The number of hydrogen-bond acceptors (Lipinski definition) is 8. The van der Waals surface area contributed by atoms with Gasteiger partial charge >= 0.3 is 0 Å². The highest BCUT2D eigenvalue weighted by Gasteiger charge is 2.15. The molecule has 0 atom stereocenters. The molecule has 4 aromatic rings. The molecule has 0 aliphatic heterocycles. The molecule has 2 aromatic carbocycles. The first-order valence-corrected chi connectivity index (χ1v) is 12.8. The van der Waals surface area contributed by atoms with Crippen molar-refractivity contribution in [2.75, 3.05) is 26.0 Å². The number of ether oxygens (including phenoxy) is 1. The van der Waals surface area contributed by atoms with Crippen LogP contribution in [0.15, 0.2) is 76.2 Å². The molecule has 2 heterocycles. The van der Waals surface area contributed by atoms with Crippen molar-refractivity contribution in [1.82, 2.24) is 15.0 Å². The van der Waals surface area contributed by atoms with Gasteiger partial charge < -0.3 is 25.3 Å². The van der Waals surface area contributed by atoms with Gasteiger partial charge in [-0.05, 0) is 65.2 Å². The number of rotatable bonds is 10. The molecule has 0 radical (unpaired) electrons. The molecule has 10 nitrogen and oxygen atoms in total. The van der Waals surface area contributed by atoms with Crippen molar-refractivity contribution in [1.29, 1.82) is 0 Å². The average Bonchev–Trinajstić information content (AvgIpc) is 3.33. The number of furan rings is 1. The van der Waals surface area contributed by atoms with Crippen molar-refractivity contribution in [2.24, 2.45) is 0 Å². The number of nitrogen functional groups attached to an aromatic ring is 1. The largest absolute Gasteiger partial charge is 0.493 e. The average molecular weight is 523 g/mol. The van der Waals surface area contributed by atoms with Gasteiger partial charge in [-0.1, -0.05) is 12.1 Å². The Morgan fingerprint density at radius 2 is 1.92 bits per heavy atom. The van der Waals surface area contributed by atoms with Crippen LogP contribution in [0.5, 0.6) is 5.75 Å². The number of anilines is 1. The van der Waals surface area contributed by atoms with E-state index in [1.165, 1.54) is 25.3 Å². The van der Waals surface area contributed by atoms with Crippen LogP contribution in [-0.2, 0) is 21.4 Å². The third kappa shape index (κ3) is 6.33. The maximum absolute atomic E-state index is 12.3. The summed E-state index contributed by atoms with van der Waals surface area (Å²) in [6.45, 7) is -0.174. The summed E-state index contributed by atoms with van der Waals surface area (Å²) in [5, 5.41) is 12.4. The van der Waals surface area contributed by atoms with E-state index < -0.39 is 10.0 Å². The van der Waals surface area contributed by atoms with Crippen molar-refractivity contribution < 1.29 is 27.5 Å². The van der Waals surface area contributed by atoms with E-state index in [2.05, 4.69) is 15.0 Å². The minimum Gasteiger partial charge on any atom is -0.493 e. The maximum Gasteiger partial charge on any atom is 0.244 e. The van der Waals surface area contributed by atoms with Crippen molar-refractivity contribution >= 4 is 38.8 Å². The summed E-state index contributed by atoms with van der Waals surface area (Å²) < 4.78 is 38.3. The second kappa shape index (κ2) is 11.2. The smallest absolute Gasteiger partial charge is 0.244 e. The Bertz CT molecular complexity index is 1530. The monoisotopic (exact) mass is 522 g/mol. The van der Waals surface area contributed by atoms with Crippen molar-refractivity contribution in [3.63, 3.8) is 0 Å². The third-order valence-corrected chi connectivity index (χ3v) is 6.91. The molecule has 0 aliphatic carbocycles. The zero-order chi connectivity index (χ0) is 26.4. The predicted molar refractivity (Wildman–Crippen MR) is 140 cm³/mol. The molecule has 0 saturated heterocycles. The number of aliphatic hydroxyl groups excluding tert-OH is 1. The van der Waals surface area contributed by atoms with Gasteiger partial charge in [0.2, 0.25) is 15.9 Å². The molecule has 37 heavy (non-hydrogen) atoms. The van der Waals surface area contributed by atoms with Crippen LogP contribution in [0.1, 0.15) is 11.3 Å². The van der Waals surface area contributed by atoms with Crippen LogP contribution >= 0.6 is 0 Å². The number of aliphatic hydroxyl groups is 1. The van der Waals surface area contributed by atoms with E-state index in [4.69, 9.17) is 20.0 Å². The molecule has 11 heteroatoms. The minimum atomic E-state index is -3.70. The van der Waals surface area contributed by atoms with Gasteiger partial charge in [-0.15, -0.1) is 0 Å². The first-order chi connectivity index (χ1) is 17.8. The van der Waals surface area contributed by atoms with Gasteiger partial charge in [0.15, 0.2) is 11.3 Å².